The first-order valence-corrected chi connectivity index (χ1v) is 6.39. The molecular weight excluding hydrogens is 212 g/mol. The number of fused-ring (bicyclic) bond motifs is 3. The first-order chi connectivity index (χ1) is 6.90. The molecule has 3 aromatic rings. The molecule has 0 spiro atoms. The van der Waals surface area contributed by atoms with E-state index < -0.39 is 0 Å². The summed E-state index contributed by atoms with van der Waals surface area (Å²) < 4.78 is 2.20. The van der Waals surface area contributed by atoms with Gasteiger partial charge in [0.1, 0.15) is 9.86 Å². The predicted octanol–water partition coefficient (Wildman–Crippen LogP) is 3.27. The molecule has 0 atom stereocenters. The van der Waals surface area contributed by atoms with Crippen LogP contribution in [0.25, 0.3) is 15.9 Å². The minimum absolute atomic E-state index is 1.10. The van der Waals surface area contributed by atoms with E-state index in [2.05, 4.69) is 45.4 Å². The molecule has 3 aromatic heterocycles. The van der Waals surface area contributed by atoms with Crippen LogP contribution < -0.4 is 0 Å². The van der Waals surface area contributed by atoms with E-state index in [0.717, 1.165) is 9.86 Å². The fourth-order valence-electron chi connectivity index (χ4n) is 1.63. The Morgan fingerprint density at radius 1 is 1.36 bits per heavy atom. The summed E-state index contributed by atoms with van der Waals surface area (Å²) in [6, 6.07) is 6.29. The van der Waals surface area contributed by atoms with Crippen LogP contribution in [-0.4, -0.2) is 15.6 Å². The Hall–Kier alpha value is -1.00. The van der Waals surface area contributed by atoms with Crippen molar-refractivity contribution in [2.45, 2.75) is 5.03 Å². The summed E-state index contributed by atoms with van der Waals surface area (Å²) in [6.07, 6.45) is 4.15. The Kier molecular flexibility index (Phi) is 1.78. The highest BCUT2D eigenvalue weighted by Crippen LogP contribution is 2.27. The zero-order chi connectivity index (χ0) is 9.54. The summed E-state index contributed by atoms with van der Waals surface area (Å²) in [4.78, 5) is 5.72. The first kappa shape index (κ1) is 8.32. The second-order valence-corrected chi connectivity index (χ2v) is 4.69. The van der Waals surface area contributed by atoms with Crippen LogP contribution in [0.1, 0.15) is 0 Å². The quantitative estimate of drug-likeness (QED) is 0.586. The van der Waals surface area contributed by atoms with Gasteiger partial charge in [-0.1, -0.05) is 0 Å². The molecule has 0 N–H and O–H groups in total. The van der Waals surface area contributed by atoms with E-state index in [0.29, 0.717) is 0 Å². The maximum Gasteiger partial charge on any atom is 0.141 e. The monoisotopic (exact) mass is 220 g/mol. The Morgan fingerprint density at radius 3 is 3.14 bits per heavy atom. The van der Waals surface area contributed by atoms with Crippen molar-refractivity contribution < 1.29 is 0 Å². The van der Waals surface area contributed by atoms with Gasteiger partial charge in [0.2, 0.25) is 0 Å². The predicted molar refractivity (Wildman–Crippen MR) is 62.4 cm³/mol. The number of thioether (sulfide) groups is 1. The lowest BCUT2D eigenvalue weighted by atomic mass is 10.5. The molecule has 0 bridgehead atoms. The van der Waals surface area contributed by atoms with Crippen LogP contribution in [0.4, 0.5) is 0 Å². The molecule has 2 nitrogen and oxygen atoms in total. The number of aromatic nitrogens is 2. The van der Waals surface area contributed by atoms with Crippen LogP contribution in [0.5, 0.6) is 0 Å². The van der Waals surface area contributed by atoms with E-state index in [1.807, 2.05) is 0 Å². The molecule has 0 fully saturated rings. The highest BCUT2D eigenvalue weighted by molar-refractivity contribution is 7.98. The summed E-state index contributed by atoms with van der Waals surface area (Å²) in [6.45, 7) is 0. The zero-order valence-corrected chi connectivity index (χ0v) is 9.23. The summed E-state index contributed by atoms with van der Waals surface area (Å²) >= 11 is 3.39. The van der Waals surface area contributed by atoms with E-state index in [1.165, 1.54) is 11.0 Å². The topological polar surface area (TPSA) is 17.3 Å². The van der Waals surface area contributed by atoms with Crippen LogP contribution in [0.2, 0.25) is 0 Å². The molecule has 0 aliphatic heterocycles. The van der Waals surface area contributed by atoms with E-state index in [1.54, 1.807) is 23.1 Å². The lowest BCUT2D eigenvalue weighted by Crippen LogP contribution is -1.89. The molecule has 0 amide bonds. The standard InChI is InChI=1S/C10H8N2S2/c1-13-9-7-3-2-5-12(7)8-4-6-14-10(8)11-9/h2-6H,1H3. The van der Waals surface area contributed by atoms with E-state index in [-0.39, 0.29) is 0 Å². The third kappa shape index (κ3) is 1.01. The Labute approximate surface area is 89.6 Å². The summed E-state index contributed by atoms with van der Waals surface area (Å²) in [5.41, 5.74) is 2.40. The van der Waals surface area contributed by atoms with Crippen LogP contribution in [0, 0.1) is 0 Å². The molecule has 70 valence electrons. The molecule has 3 heterocycles. The van der Waals surface area contributed by atoms with Crippen molar-refractivity contribution in [2.75, 3.05) is 6.26 Å². The lowest BCUT2D eigenvalue weighted by Gasteiger charge is -2.01. The number of rotatable bonds is 1. The first-order valence-electron chi connectivity index (χ1n) is 4.28. The largest absolute Gasteiger partial charge is 0.312 e. The zero-order valence-electron chi connectivity index (χ0n) is 7.60. The van der Waals surface area contributed by atoms with Gasteiger partial charge in [0.25, 0.3) is 0 Å². The van der Waals surface area contributed by atoms with Crippen molar-refractivity contribution in [3.63, 3.8) is 0 Å². The molecule has 0 aromatic carbocycles. The van der Waals surface area contributed by atoms with Gasteiger partial charge in [-0.05, 0) is 29.8 Å². The van der Waals surface area contributed by atoms with Gasteiger partial charge in [-0.2, -0.15) is 0 Å². The van der Waals surface area contributed by atoms with Gasteiger partial charge < -0.3 is 4.40 Å². The summed E-state index contributed by atoms with van der Waals surface area (Å²) in [7, 11) is 0. The normalized spacial score (nSPS) is 11.5. The molecule has 14 heavy (non-hydrogen) atoms. The van der Waals surface area contributed by atoms with Crippen molar-refractivity contribution in [3.05, 3.63) is 29.8 Å². The SMILES string of the molecule is CSc1nc2sccc2n2cccc12. The molecular formula is C10H8N2S2. The van der Waals surface area contributed by atoms with Gasteiger partial charge in [0.05, 0.1) is 11.0 Å². The number of thiophene rings is 1. The Balaban J connectivity index is 2.59. The Morgan fingerprint density at radius 2 is 2.29 bits per heavy atom. The number of hydrogen-bond donors (Lipinski definition) is 0. The van der Waals surface area contributed by atoms with E-state index in [9.17, 15) is 0 Å². The van der Waals surface area contributed by atoms with E-state index in [4.69, 9.17) is 0 Å². The van der Waals surface area contributed by atoms with Crippen molar-refractivity contribution in [2.24, 2.45) is 0 Å². The summed E-state index contributed by atoms with van der Waals surface area (Å²) in [5.74, 6) is 0. The van der Waals surface area contributed by atoms with Crippen molar-refractivity contribution in [1.82, 2.24) is 9.38 Å². The fourth-order valence-corrected chi connectivity index (χ4v) is 3.00. The highest BCUT2D eigenvalue weighted by atomic mass is 32.2. The average molecular weight is 220 g/mol. The number of hydrogen-bond acceptors (Lipinski definition) is 3. The third-order valence-corrected chi connectivity index (χ3v) is 3.73. The molecule has 4 heteroatoms. The molecule has 0 unspecified atom stereocenters. The molecule has 0 saturated carbocycles. The van der Waals surface area contributed by atoms with Gasteiger partial charge in [0, 0.05) is 6.20 Å². The smallest absolute Gasteiger partial charge is 0.141 e. The van der Waals surface area contributed by atoms with Crippen LogP contribution in [0.3, 0.4) is 0 Å². The van der Waals surface area contributed by atoms with Crippen LogP contribution in [0.15, 0.2) is 34.8 Å². The van der Waals surface area contributed by atoms with Gasteiger partial charge in [-0.15, -0.1) is 23.1 Å². The minimum atomic E-state index is 1.10. The van der Waals surface area contributed by atoms with Gasteiger partial charge in [-0.3, -0.25) is 0 Å². The van der Waals surface area contributed by atoms with Crippen molar-refractivity contribution in [1.29, 1.82) is 0 Å². The lowest BCUT2D eigenvalue weighted by molar-refractivity contribution is 1.14. The summed E-state index contributed by atoms with van der Waals surface area (Å²) in [5, 5.41) is 3.19. The average Bonchev–Trinajstić information content (AvgIpc) is 2.83. The third-order valence-electron chi connectivity index (χ3n) is 2.25. The fraction of sp³-hybridized carbons (Fsp3) is 0.100. The van der Waals surface area contributed by atoms with Crippen molar-refractivity contribution in [3.8, 4) is 0 Å². The molecule has 0 radical (unpaired) electrons. The van der Waals surface area contributed by atoms with Gasteiger partial charge >= 0.3 is 0 Å². The maximum atomic E-state index is 4.61. The maximum absolute atomic E-state index is 4.61. The second kappa shape index (κ2) is 3.00. The van der Waals surface area contributed by atoms with Crippen LogP contribution >= 0.6 is 23.1 Å². The number of nitrogens with zero attached hydrogens (tertiary/aromatic N) is 2. The molecule has 0 saturated heterocycles. The molecule has 3 rings (SSSR count). The molecule has 0 aliphatic rings. The van der Waals surface area contributed by atoms with Crippen LogP contribution in [-0.2, 0) is 0 Å². The second-order valence-electron chi connectivity index (χ2n) is 3.00. The minimum Gasteiger partial charge on any atom is -0.312 e. The van der Waals surface area contributed by atoms with E-state index >= 15 is 0 Å². The Bertz CT molecular complexity index is 594. The van der Waals surface area contributed by atoms with Crippen molar-refractivity contribution >= 4 is 39.0 Å². The van der Waals surface area contributed by atoms with Gasteiger partial charge in [0.15, 0.2) is 0 Å². The van der Waals surface area contributed by atoms with Gasteiger partial charge in [-0.25, -0.2) is 4.98 Å². The highest BCUT2D eigenvalue weighted by Gasteiger charge is 2.07. The molecule has 0 aliphatic carbocycles.